The van der Waals surface area contributed by atoms with Crippen LogP contribution in [0.25, 0.3) is 5.82 Å². The predicted molar refractivity (Wildman–Crippen MR) is 115 cm³/mol. The van der Waals surface area contributed by atoms with Gasteiger partial charge in [-0.25, -0.2) is 4.68 Å². The van der Waals surface area contributed by atoms with Crippen molar-refractivity contribution in [2.24, 2.45) is 0 Å². The third-order valence-electron chi connectivity index (χ3n) is 4.25. The number of carbonyl (C=O) groups is 1. The molecule has 4 aromatic rings. The molecule has 2 N–H and O–H groups in total. The average Bonchev–Trinajstić information content (AvgIpc) is 3.29. The summed E-state index contributed by atoms with van der Waals surface area (Å²) < 4.78 is 1.76. The van der Waals surface area contributed by atoms with E-state index in [9.17, 15) is 4.79 Å². The van der Waals surface area contributed by atoms with Gasteiger partial charge >= 0.3 is 0 Å². The van der Waals surface area contributed by atoms with Gasteiger partial charge < -0.3 is 10.6 Å². The van der Waals surface area contributed by atoms with Crippen LogP contribution in [0.3, 0.4) is 0 Å². The molecule has 0 aliphatic heterocycles. The van der Waals surface area contributed by atoms with Crippen LogP contribution in [0.1, 0.15) is 26.6 Å². The van der Waals surface area contributed by atoms with Gasteiger partial charge in [-0.05, 0) is 80.2 Å². The molecule has 7 nitrogen and oxygen atoms in total. The van der Waals surface area contributed by atoms with Gasteiger partial charge in [-0.1, -0.05) is 0 Å². The van der Waals surface area contributed by atoms with Crippen LogP contribution < -0.4 is 10.6 Å². The molecule has 1 amide bonds. The van der Waals surface area contributed by atoms with Crippen LogP contribution in [-0.4, -0.2) is 25.9 Å². The molecule has 0 atom stereocenters. The Balaban J connectivity index is 1.41. The first-order valence-corrected chi connectivity index (χ1v) is 9.97. The molecule has 0 aliphatic carbocycles. The quantitative estimate of drug-likeness (QED) is 0.506. The summed E-state index contributed by atoms with van der Waals surface area (Å²) in [6.07, 6.45) is 0. The van der Waals surface area contributed by atoms with E-state index in [1.54, 1.807) is 4.68 Å². The van der Waals surface area contributed by atoms with E-state index in [1.807, 2.05) is 74.7 Å². The summed E-state index contributed by atoms with van der Waals surface area (Å²) in [4.78, 5) is 12.9. The van der Waals surface area contributed by atoms with Crippen molar-refractivity contribution >= 4 is 34.4 Å². The number of amides is 1. The Kier molecular flexibility index (Phi) is 5.09. The Morgan fingerprint density at radius 1 is 0.966 bits per heavy atom. The highest BCUT2D eigenvalue weighted by Crippen LogP contribution is 2.20. The number of nitrogens with zero attached hydrogens (tertiary/aromatic N) is 4. The lowest BCUT2D eigenvalue weighted by Gasteiger charge is -2.08. The average molecular weight is 404 g/mol. The Morgan fingerprint density at radius 3 is 2.31 bits per heavy atom. The van der Waals surface area contributed by atoms with Gasteiger partial charge in [-0.15, -0.1) is 21.5 Å². The molecule has 29 heavy (non-hydrogen) atoms. The smallest absolute Gasteiger partial charge is 0.265 e. The topological polar surface area (TPSA) is 84.7 Å². The minimum atomic E-state index is -0.102. The predicted octanol–water partition coefficient (Wildman–Crippen LogP) is 4.64. The number of thiophene rings is 1. The second-order valence-electron chi connectivity index (χ2n) is 6.76. The summed E-state index contributed by atoms with van der Waals surface area (Å²) in [6.45, 7) is 5.90. The number of benzene rings is 1. The van der Waals surface area contributed by atoms with Gasteiger partial charge in [0.25, 0.3) is 5.91 Å². The van der Waals surface area contributed by atoms with E-state index >= 15 is 0 Å². The first-order valence-electron chi connectivity index (χ1n) is 9.09. The van der Waals surface area contributed by atoms with Gasteiger partial charge in [0.1, 0.15) is 0 Å². The SMILES string of the molecule is Cc1csc(C(=O)Nc2ccc(Nc3ccc(-n4nc(C)cc4C)nn3)cc2)c1. The van der Waals surface area contributed by atoms with E-state index in [0.29, 0.717) is 16.5 Å². The zero-order valence-electron chi connectivity index (χ0n) is 16.3. The Hall–Kier alpha value is -3.52. The molecule has 4 rings (SSSR count). The van der Waals surface area contributed by atoms with Gasteiger partial charge in [0.2, 0.25) is 0 Å². The van der Waals surface area contributed by atoms with Gasteiger partial charge in [0.15, 0.2) is 11.6 Å². The Bertz CT molecular complexity index is 1140. The van der Waals surface area contributed by atoms with E-state index in [-0.39, 0.29) is 5.91 Å². The molecule has 0 fully saturated rings. The highest BCUT2D eigenvalue weighted by atomic mass is 32.1. The third kappa shape index (κ3) is 4.33. The highest BCUT2D eigenvalue weighted by molar-refractivity contribution is 7.12. The van der Waals surface area contributed by atoms with Crippen LogP contribution >= 0.6 is 11.3 Å². The van der Waals surface area contributed by atoms with E-state index < -0.39 is 0 Å². The summed E-state index contributed by atoms with van der Waals surface area (Å²) in [5, 5.41) is 20.9. The van der Waals surface area contributed by atoms with Crippen LogP contribution in [0.5, 0.6) is 0 Å². The van der Waals surface area contributed by atoms with Crippen molar-refractivity contribution in [2.45, 2.75) is 20.8 Å². The fraction of sp³-hybridized carbons (Fsp3) is 0.143. The van der Waals surface area contributed by atoms with E-state index in [0.717, 1.165) is 28.3 Å². The van der Waals surface area contributed by atoms with Crippen molar-refractivity contribution in [3.8, 4) is 5.82 Å². The number of aryl methyl sites for hydroxylation is 3. The van der Waals surface area contributed by atoms with Gasteiger partial charge in [-0.3, -0.25) is 4.79 Å². The van der Waals surface area contributed by atoms with Crippen molar-refractivity contribution < 1.29 is 4.79 Å². The van der Waals surface area contributed by atoms with Gasteiger partial charge in [0, 0.05) is 17.1 Å². The number of rotatable bonds is 5. The minimum absolute atomic E-state index is 0.102. The van der Waals surface area contributed by atoms with E-state index in [1.165, 1.54) is 11.3 Å². The number of nitrogens with one attached hydrogen (secondary N) is 2. The molecular formula is C21H20N6OS. The molecule has 8 heteroatoms. The maximum Gasteiger partial charge on any atom is 0.265 e. The molecule has 0 aliphatic rings. The fourth-order valence-electron chi connectivity index (χ4n) is 2.89. The largest absolute Gasteiger partial charge is 0.339 e. The minimum Gasteiger partial charge on any atom is -0.339 e. The van der Waals surface area contributed by atoms with Crippen LogP contribution in [0.2, 0.25) is 0 Å². The van der Waals surface area contributed by atoms with E-state index in [2.05, 4.69) is 25.9 Å². The summed E-state index contributed by atoms with van der Waals surface area (Å²) in [7, 11) is 0. The maximum atomic E-state index is 12.2. The lowest BCUT2D eigenvalue weighted by Crippen LogP contribution is -2.10. The van der Waals surface area contributed by atoms with Crippen LogP contribution in [-0.2, 0) is 0 Å². The number of anilines is 3. The highest BCUT2D eigenvalue weighted by Gasteiger charge is 2.09. The number of aromatic nitrogens is 4. The number of hydrogen-bond acceptors (Lipinski definition) is 6. The molecule has 0 saturated heterocycles. The first kappa shape index (κ1) is 18.8. The summed E-state index contributed by atoms with van der Waals surface area (Å²) in [5.74, 6) is 1.19. The summed E-state index contributed by atoms with van der Waals surface area (Å²) >= 11 is 1.44. The van der Waals surface area contributed by atoms with Crippen molar-refractivity contribution in [1.82, 2.24) is 20.0 Å². The summed E-state index contributed by atoms with van der Waals surface area (Å²) in [6, 6.07) is 15.0. The van der Waals surface area contributed by atoms with Crippen LogP contribution in [0, 0.1) is 20.8 Å². The van der Waals surface area contributed by atoms with Crippen molar-refractivity contribution in [2.75, 3.05) is 10.6 Å². The molecule has 0 unspecified atom stereocenters. The second-order valence-corrected chi connectivity index (χ2v) is 7.67. The molecule has 0 saturated carbocycles. The van der Waals surface area contributed by atoms with Crippen LogP contribution in [0.4, 0.5) is 17.2 Å². The first-order chi connectivity index (χ1) is 14.0. The normalized spacial score (nSPS) is 10.7. The number of carbonyl (C=O) groups excluding carboxylic acids is 1. The molecule has 146 valence electrons. The Morgan fingerprint density at radius 2 is 1.72 bits per heavy atom. The standard InChI is InChI=1S/C21H20N6OS/c1-13-10-18(29-12-13)21(28)23-17-6-4-16(5-7-17)22-19-8-9-20(25-24-19)27-15(3)11-14(2)26-27/h4-12H,1-3H3,(H,22,24)(H,23,28). The number of hydrogen-bond donors (Lipinski definition) is 2. The van der Waals surface area contributed by atoms with Crippen molar-refractivity contribution in [1.29, 1.82) is 0 Å². The summed E-state index contributed by atoms with van der Waals surface area (Å²) in [5.41, 5.74) is 4.62. The fourth-order valence-corrected chi connectivity index (χ4v) is 3.69. The molecule has 3 heterocycles. The van der Waals surface area contributed by atoms with Gasteiger partial charge in [-0.2, -0.15) is 5.10 Å². The maximum absolute atomic E-state index is 12.2. The molecule has 0 bridgehead atoms. The lowest BCUT2D eigenvalue weighted by atomic mass is 10.2. The lowest BCUT2D eigenvalue weighted by molar-refractivity contribution is 0.103. The van der Waals surface area contributed by atoms with Crippen molar-refractivity contribution in [3.05, 3.63) is 75.7 Å². The molecule has 1 aromatic carbocycles. The third-order valence-corrected chi connectivity index (χ3v) is 5.29. The monoisotopic (exact) mass is 404 g/mol. The van der Waals surface area contributed by atoms with E-state index in [4.69, 9.17) is 0 Å². The zero-order chi connectivity index (χ0) is 20.4. The second kappa shape index (κ2) is 7.84. The molecule has 0 spiro atoms. The zero-order valence-corrected chi connectivity index (χ0v) is 17.1. The van der Waals surface area contributed by atoms with Crippen LogP contribution in [0.15, 0.2) is 53.9 Å². The molecule has 0 radical (unpaired) electrons. The molecular weight excluding hydrogens is 384 g/mol. The Labute approximate surface area is 172 Å². The molecule has 3 aromatic heterocycles. The van der Waals surface area contributed by atoms with Crippen molar-refractivity contribution in [3.63, 3.8) is 0 Å². The van der Waals surface area contributed by atoms with Gasteiger partial charge in [0.05, 0.1) is 10.6 Å².